The van der Waals surface area contributed by atoms with Gasteiger partial charge in [-0.25, -0.2) is 0 Å². The lowest BCUT2D eigenvalue weighted by Gasteiger charge is -2.08. The maximum atomic E-state index is 12.0. The molecule has 0 unspecified atom stereocenters. The number of aromatic nitrogens is 1. The molecule has 0 radical (unpaired) electrons. The lowest BCUT2D eigenvalue weighted by molar-refractivity contribution is 0.807. The fraction of sp³-hybridized carbons (Fsp3) is 0.0714. The van der Waals surface area contributed by atoms with Crippen LogP contribution in [0.4, 0.5) is 0 Å². The van der Waals surface area contributed by atoms with Gasteiger partial charge >= 0.3 is 0 Å². The highest BCUT2D eigenvalue weighted by Crippen LogP contribution is 2.23. The highest BCUT2D eigenvalue weighted by molar-refractivity contribution is 9.11. The Hall–Kier alpha value is -1.39. The first kappa shape index (κ1) is 11.7. The minimum absolute atomic E-state index is 0.0400. The Balaban J connectivity index is 2.16. The molecule has 0 N–H and O–H groups in total. The summed E-state index contributed by atoms with van der Waals surface area (Å²) in [5.74, 6) is 0. The normalized spacial score (nSPS) is 10.9. The maximum absolute atomic E-state index is 12.0. The predicted octanol–water partition coefficient (Wildman–Crippen LogP) is 3.87. The second kappa shape index (κ2) is 4.71. The molecule has 0 amide bonds. The number of hydrogen-bond acceptors (Lipinski definition) is 2. The van der Waals surface area contributed by atoms with E-state index >= 15 is 0 Å². The van der Waals surface area contributed by atoms with Crippen LogP contribution >= 0.6 is 27.3 Å². The summed E-state index contributed by atoms with van der Waals surface area (Å²) in [4.78, 5) is 13.2. The molecule has 1 aromatic carbocycles. The van der Waals surface area contributed by atoms with Gasteiger partial charge in [-0.15, -0.1) is 11.3 Å². The third kappa shape index (κ3) is 2.13. The topological polar surface area (TPSA) is 22.0 Å². The predicted molar refractivity (Wildman–Crippen MR) is 79.3 cm³/mol. The Morgan fingerprint density at radius 2 is 1.89 bits per heavy atom. The number of thiophene rings is 1. The van der Waals surface area contributed by atoms with Crippen LogP contribution in [0, 0.1) is 0 Å². The number of para-hydroxylation sites is 1. The summed E-state index contributed by atoms with van der Waals surface area (Å²) >= 11 is 5.10. The summed E-state index contributed by atoms with van der Waals surface area (Å²) in [5.41, 5.74) is 1.02. The summed E-state index contributed by atoms with van der Waals surface area (Å²) in [5, 5.41) is 1.09. The molecule has 0 bridgehead atoms. The molecule has 0 spiro atoms. The van der Waals surface area contributed by atoms with E-state index < -0.39 is 0 Å². The van der Waals surface area contributed by atoms with Gasteiger partial charge in [0.25, 0.3) is 5.56 Å². The van der Waals surface area contributed by atoms with Crippen molar-refractivity contribution in [2.24, 2.45) is 0 Å². The van der Waals surface area contributed by atoms with Gasteiger partial charge in [-0.3, -0.25) is 4.79 Å². The van der Waals surface area contributed by atoms with Gasteiger partial charge in [0.1, 0.15) is 0 Å². The van der Waals surface area contributed by atoms with Crippen LogP contribution < -0.4 is 5.56 Å². The van der Waals surface area contributed by atoms with E-state index in [0.717, 1.165) is 14.7 Å². The molecule has 0 fully saturated rings. The Bertz CT molecular complexity index is 760. The smallest absolute Gasteiger partial charge is 0.251 e. The van der Waals surface area contributed by atoms with Crippen molar-refractivity contribution >= 4 is 38.2 Å². The molecule has 2 nitrogen and oxygen atoms in total. The second-order valence-electron chi connectivity index (χ2n) is 4.02. The fourth-order valence-corrected chi connectivity index (χ4v) is 3.47. The zero-order valence-corrected chi connectivity index (χ0v) is 11.9. The molecule has 2 aromatic heterocycles. The van der Waals surface area contributed by atoms with Crippen molar-refractivity contribution in [2.45, 2.75) is 6.54 Å². The number of fused-ring (bicyclic) bond motifs is 1. The lowest BCUT2D eigenvalue weighted by Crippen LogP contribution is -2.19. The van der Waals surface area contributed by atoms with Gasteiger partial charge in [0.15, 0.2) is 0 Å². The monoisotopic (exact) mass is 319 g/mol. The highest BCUT2D eigenvalue weighted by atomic mass is 79.9. The molecule has 4 heteroatoms. The average molecular weight is 320 g/mol. The minimum atomic E-state index is 0.0400. The largest absolute Gasteiger partial charge is 0.303 e. The number of halogens is 1. The average Bonchev–Trinajstić information content (AvgIpc) is 2.79. The second-order valence-corrected chi connectivity index (χ2v) is 6.57. The molecule has 90 valence electrons. The van der Waals surface area contributed by atoms with Crippen molar-refractivity contribution in [3.05, 3.63) is 67.5 Å². The van der Waals surface area contributed by atoms with Gasteiger partial charge < -0.3 is 4.57 Å². The van der Waals surface area contributed by atoms with E-state index in [1.165, 1.54) is 4.88 Å². The summed E-state index contributed by atoms with van der Waals surface area (Å²) < 4.78 is 2.90. The minimum Gasteiger partial charge on any atom is -0.303 e. The molecule has 18 heavy (non-hydrogen) atoms. The van der Waals surface area contributed by atoms with E-state index in [2.05, 4.69) is 15.9 Å². The van der Waals surface area contributed by atoms with E-state index in [4.69, 9.17) is 0 Å². The third-order valence-corrected chi connectivity index (χ3v) is 4.45. The summed E-state index contributed by atoms with van der Waals surface area (Å²) in [7, 11) is 0. The molecule has 0 aliphatic carbocycles. The Labute approximate surface area is 117 Å². The molecule has 0 aliphatic rings. The van der Waals surface area contributed by atoms with Crippen LogP contribution in [0.5, 0.6) is 0 Å². The van der Waals surface area contributed by atoms with Crippen LogP contribution in [0.2, 0.25) is 0 Å². The first-order valence-corrected chi connectivity index (χ1v) is 7.18. The van der Waals surface area contributed by atoms with Gasteiger partial charge in [0.05, 0.1) is 15.8 Å². The van der Waals surface area contributed by atoms with Crippen LogP contribution in [-0.2, 0) is 6.54 Å². The molecule has 3 aromatic rings. The molecule has 2 heterocycles. The number of benzene rings is 1. The Kier molecular flexibility index (Phi) is 3.06. The summed E-state index contributed by atoms with van der Waals surface area (Å²) in [6.45, 7) is 0.621. The molecule has 3 rings (SSSR count). The van der Waals surface area contributed by atoms with Crippen LogP contribution in [0.25, 0.3) is 10.9 Å². The van der Waals surface area contributed by atoms with Crippen molar-refractivity contribution in [1.29, 1.82) is 0 Å². The van der Waals surface area contributed by atoms with Gasteiger partial charge in [0.2, 0.25) is 0 Å². The van der Waals surface area contributed by atoms with E-state index in [1.54, 1.807) is 17.4 Å². The summed E-state index contributed by atoms with van der Waals surface area (Å²) in [6.07, 6.45) is 0. The van der Waals surface area contributed by atoms with Crippen molar-refractivity contribution in [2.75, 3.05) is 0 Å². The molecule has 0 atom stereocenters. The highest BCUT2D eigenvalue weighted by Gasteiger charge is 2.05. The molecule has 0 saturated heterocycles. The molecule has 0 aliphatic heterocycles. The SMILES string of the molecule is O=c1ccc2ccccc2n1Cc1ccc(Br)s1. The zero-order valence-electron chi connectivity index (χ0n) is 9.47. The Morgan fingerprint density at radius 3 is 2.67 bits per heavy atom. The first-order chi connectivity index (χ1) is 8.74. The van der Waals surface area contributed by atoms with Crippen molar-refractivity contribution < 1.29 is 0 Å². The number of pyridine rings is 1. The Morgan fingerprint density at radius 1 is 1.06 bits per heavy atom. The van der Waals surface area contributed by atoms with Crippen LogP contribution in [0.1, 0.15) is 4.88 Å². The van der Waals surface area contributed by atoms with Crippen molar-refractivity contribution in [1.82, 2.24) is 4.57 Å². The zero-order chi connectivity index (χ0) is 12.5. The number of rotatable bonds is 2. The van der Waals surface area contributed by atoms with Gasteiger partial charge in [-0.1, -0.05) is 18.2 Å². The van der Waals surface area contributed by atoms with E-state index in [-0.39, 0.29) is 5.56 Å². The van der Waals surface area contributed by atoms with Crippen LogP contribution in [0.15, 0.2) is 57.1 Å². The van der Waals surface area contributed by atoms with Crippen LogP contribution in [0.3, 0.4) is 0 Å². The van der Waals surface area contributed by atoms with Gasteiger partial charge in [-0.05, 0) is 45.6 Å². The fourth-order valence-electron chi connectivity index (χ4n) is 2.00. The van der Waals surface area contributed by atoms with Gasteiger partial charge in [-0.2, -0.15) is 0 Å². The van der Waals surface area contributed by atoms with Crippen molar-refractivity contribution in [3.63, 3.8) is 0 Å². The lowest BCUT2D eigenvalue weighted by atomic mass is 10.2. The third-order valence-electron chi connectivity index (χ3n) is 2.84. The van der Waals surface area contributed by atoms with E-state index in [0.29, 0.717) is 6.54 Å². The number of hydrogen-bond donors (Lipinski definition) is 0. The van der Waals surface area contributed by atoms with Crippen molar-refractivity contribution in [3.8, 4) is 0 Å². The maximum Gasteiger partial charge on any atom is 0.251 e. The first-order valence-electron chi connectivity index (χ1n) is 5.57. The quantitative estimate of drug-likeness (QED) is 0.702. The molecular weight excluding hydrogens is 310 g/mol. The van der Waals surface area contributed by atoms with E-state index in [9.17, 15) is 4.79 Å². The molecular formula is C14H10BrNOS. The van der Waals surface area contributed by atoms with Gasteiger partial charge in [0, 0.05) is 10.9 Å². The van der Waals surface area contributed by atoms with E-state index in [1.807, 2.05) is 47.0 Å². The number of nitrogens with zero attached hydrogens (tertiary/aromatic N) is 1. The standard InChI is InChI=1S/C14H10BrNOS/c15-13-7-6-11(18-13)9-16-12-4-2-1-3-10(12)5-8-14(16)17/h1-8H,9H2. The van der Waals surface area contributed by atoms with Crippen LogP contribution in [-0.4, -0.2) is 4.57 Å². The summed E-state index contributed by atoms with van der Waals surface area (Å²) in [6, 6.07) is 15.5. The molecule has 0 saturated carbocycles.